The first-order chi connectivity index (χ1) is 7.67. The van der Waals surface area contributed by atoms with Gasteiger partial charge in [0.15, 0.2) is 0 Å². The minimum absolute atomic E-state index is 0.320. The van der Waals surface area contributed by atoms with E-state index >= 15 is 0 Å². The molecule has 0 spiro atoms. The molecule has 3 nitrogen and oxygen atoms in total. The van der Waals surface area contributed by atoms with Crippen molar-refractivity contribution in [3.63, 3.8) is 0 Å². The van der Waals surface area contributed by atoms with Crippen molar-refractivity contribution in [1.82, 2.24) is 0 Å². The van der Waals surface area contributed by atoms with Gasteiger partial charge in [-0.15, -0.1) is 0 Å². The molecule has 1 aliphatic rings. The van der Waals surface area contributed by atoms with Gasteiger partial charge in [-0.1, -0.05) is 6.92 Å². The van der Waals surface area contributed by atoms with Crippen LogP contribution >= 0.6 is 0 Å². The van der Waals surface area contributed by atoms with Crippen molar-refractivity contribution in [2.45, 2.75) is 25.3 Å². The van der Waals surface area contributed by atoms with Crippen LogP contribution in [0.1, 0.15) is 24.8 Å². The van der Waals surface area contributed by atoms with Gasteiger partial charge >= 0.3 is 0 Å². The van der Waals surface area contributed by atoms with Crippen molar-refractivity contribution in [1.29, 1.82) is 0 Å². The fraction of sp³-hybridized carbons (Fsp3) is 0.538. The summed E-state index contributed by atoms with van der Waals surface area (Å²) < 4.78 is 10.6. The van der Waals surface area contributed by atoms with E-state index in [-0.39, 0.29) is 0 Å². The molecule has 16 heavy (non-hydrogen) atoms. The average Bonchev–Trinajstić information content (AvgIpc) is 2.34. The molecule has 88 valence electrons. The van der Waals surface area contributed by atoms with Gasteiger partial charge in [-0.05, 0) is 36.5 Å². The van der Waals surface area contributed by atoms with Crippen LogP contribution in [-0.4, -0.2) is 20.3 Å². The Morgan fingerprint density at radius 3 is 2.50 bits per heavy atom. The van der Waals surface area contributed by atoms with E-state index in [1.54, 1.807) is 14.2 Å². The summed E-state index contributed by atoms with van der Waals surface area (Å²) in [7, 11) is 3.39. The number of ether oxygens (including phenoxy) is 2. The second-order valence-electron chi connectivity index (χ2n) is 4.47. The summed E-state index contributed by atoms with van der Waals surface area (Å²) in [5.41, 5.74) is 7.16. The molecule has 2 rings (SSSR count). The molecule has 0 aliphatic heterocycles. The quantitative estimate of drug-likeness (QED) is 0.850. The largest absolute Gasteiger partial charge is 0.497 e. The van der Waals surface area contributed by atoms with Crippen LogP contribution in [0.4, 0.5) is 0 Å². The molecule has 3 heteroatoms. The second kappa shape index (κ2) is 4.34. The number of benzene rings is 1. The van der Waals surface area contributed by atoms with Crippen molar-refractivity contribution in [2.24, 2.45) is 11.7 Å². The molecule has 0 aromatic heterocycles. The van der Waals surface area contributed by atoms with E-state index in [1.165, 1.54) is 5.56 Å². The van der Waals surface area contributed by atoms with Crippen molar-refractivity contribution >= 4 is 0 Å². The highest BCUT2D eigenvalue weighted by Crippen LogP contribution is 2.45. The molecule has 1 fully saturated rings. The zero-order valence-electron chi connectivity index (χ0n) is 10.1. The van der Waals surface area contributed by atoms with Gasteiger partial charge in [0.05, 0.1) is 14.2 Å². The third kappa shape index (κ3) is 1.76. The maximum atomic E-state index is 5.94. The molecule has 1 aromatic rings. The van der Waals surface area contributed by atoms with Crippen LogP contribution in [0.5, 0.6) is 11.5 Å². The fourth-order valence-corrected chi connectivity index (χ4v) is 2.36. The Bertz CT molecular complexity index is 378. The van der Waals surface area contributed by atoms with Crippen LogP contribution in [0.3, 0.4) is 0 Å². The molecule has 1 aliphatic carbocycles. The maximum Gasteiger partial charge on any atom is 0.122 e. The van der Waals surface area contributed by atoms with Crippen molar-refractivity contribution in [3.05, 3.63) is 23.8 Å². The number of rotatable bonds is 3. The van der Waals surface area contributed by atoms with Crippen molar-refractivity contribution in [3.8, 4) is 11.5 Å². The van der Waals surface area contributed by atoms with E-state index in [2.05, 4.69) is 13.0 Å². The van der Waals surface area contributed by atoms with Crippen LogP contribution in [0.2, 0.25) is 0 Å². The zero-order chi connectivity index (χ0) is 11.7. The molecular weight excluding hydrogens is 202 g/mol. The number of nitrogens with two attached hydrogens (primary N) is 1. The molecule has 1 aromatic carbocycles. The molecule has 1 saturated carbocycles. The van der Waals surface area contributed by atoms with Crippen LogP contribution in [0, 0.1) is 5.92 Å². The first kappa shape index (κ1) is 11.3. The standard InChI is InChI=1S/C13H19NO2/c1-8-10(7-12(8)14)11-6-9(15-2)4-5-13(11)16-3/h4-6,8,10,12H,7,14H2,1-3H3. The van der Waals surface area contributed by atoms with E-state index in [9.17, 15) is 0 Å². The van der Waals surface area contributed by atoms with Crippen LogP contribution < -0.4 is 15.2 Å². The van der Waals surface area contributed by atoms with E-state index < -0.39 is 0 Å². The number of hydrogen-bond acceptors (Lipinski definition) is 3. The highest BCUT2D eigenvalue weighted by molar-refractivity contribution is 5.44. The average molecular weight is 221 g/mol. The first-order valence-corrected chi connectivity index (χ1v) is 5.65. The Morgan fingerprint density at radius 2 is 2.00 bits per heavy atom. The third-order valence-electron chi connectivity index (χ3n) is 3.67. The molecule has 0 radical (unpaired) electrons. The highest BCUT2D eigenvalue weighted by Gasteiger charge is 2.37. The Hall–Kier alpha value is -1.22. The lowest BCUT2D eigenvalue weighted by Crippen LogP contribution is -2.44. The van der Waals surface area contributed by atoms with Crippen molar-refractivity contribution in [2.75, 3.05) is 14.2 Å². The van der Waals surface area contributed by atoms with Gasteiger partial charge in [0, 0.05) is 11.6 Å². The lowest BCUT2D eigenvalue weighted by atomic mass is 9.67. The summed E-state index contributed by atoms with van der Waals surface area (Å²) in [5.74, 6) is 2.83. The SMILES string of the molecule is COc1ccc(OC)c(C2CC(N)C2C)c1. The Labute approximate surface area is 96.5 Å². The summed E-state index contributed by atoms with van der Waals surface area (Å²) in [6.45, 7) is 2.19. The van der Waals surface area contributed by atoms with Gasteiger partial charge in [0.2, 0.25) is 0 Å². The minimum Gasteiger partial charge on any atom is -0.497 e. The Balaban J connectivity index is 2.30. The molecule has 0 heterocycles. The Kier molecular flexibility index (Phi) is 3.06. The first-order valence-electron chi connectivity index (χ1n) is 5.65. The van der Waals surface area contributed by atoms with Gasteiger partial charge < -0.3 is 15.2 Å². The molecule has 0 amide bonds. The second-order valence-corrected chi connectivity index (χ2v) is 4.47. The van der Waals surface area contributed by atoms with Gasteiger partial charge in [-0.2, -0.15) is 0 Å². The summed E-state index contributed by atoms with van der Waals surface area (Å²) in [6, 6.07) is 6.27. The predicted molar refractivity (Wildman–Crippen MR) is 64.0 cm³/mol. The normalized spacial score (nSPS) is 28.4. The van der Waals surface area contributed by atoms with Gasteiger partial charge in [-0.25, -0.2) is 0 Å². The van der Waals surface area contributed by atoms with E-state index in [0.717, 1.165) is 17.9 Å². The summed E-state index contributed by atoms with van der Waals surface area (Å²) in [5, 5.41) is 0. The van der Waals surface area contributed by atoms with Gasteiger partial charge in [0.25, 0.3) is 0 Å². The van der Waals surface area contributed by atoms with E-state index in [4.69, 9.17) is 15.2 Å². The van der Waals surface area contributed by atoms with E-state index in [0.29, 0.717) is 17.9 Å². The topological polar surface area (TPSA) is 44.5 Å². The monoisotopic (exact) mass is 221 g/mol. The van der Waals surface area contributed by atoms with Crippen LogP contribution in [0.15, 0.2) is 18.2 Å². The third-order valence-corrected chi connectivity index (χ3v) is 3.67. The number of hydrogen-bond donors (Lipinski definition) is 1. The zero-order valence-corrected chi connectivity index (χ0v) is 10.1. The molecule has 3 atom stereocenters. The predicted octanol–water partition coefficient (Wildman–Crippen LogP) is 2.15. The summed E-state index contributed by atoms with van der Waals surface area (Å²) >= 11 is 0. The minimum atomic E-state index is 0.320. The van der Waals surface area contributed by atoms with Gasteiger partial charge in [-0.3, -0.25) is 0 Å². The van der Waals surface area contributed by atoms with E-state index in [1.807, 2.05) is 12.1 Å². The van der Waals surface area contributed by atoms with Crippen LogP contribution in [-0.2, 0) is 0 Å². The summed E-state index contributed by atoms with van der Waals surface area (Å²) in [6.07, 6.45) is 1.03. The smallest absolute Gasteiger partial charge is 0.122 e. The lowest BCUT2D eigenvalue weighted by Gasteiger charge is -2.41. The molecular formula is C13H19NO2. The fourth-order valence-electron chi connectivity index (χ4n) is 2.36. The van der Waals surface area contributed by atoms with Crippen molar-refractivity contribution < 1.29 is 9.47 Å². The van der Waals surface area contributed by atoms with Gasteiger partial charge in [0.1, 0.15) is 11.5 Å². The molecule has 2 N–H and O–H groups in total. The van der Waals surface area contributed by atoms with Crippen LogP contribution in [0.25, 0.3) is 0 Å². The molecule has 0 bridgehead atoms. The lowest BCUT2D eigenvalue weighted by molar-refractivity contribution is 0.221. The molecule has 3 unspecified atom stereocenters. The Morgan fingerprint density at radius 1 is 1.25 bits per heavy atom. The summed E-state index contributed by atoms with van der Waals surface area (Å²) in [4.78, 5) is 0. The maximum absolute atomic E-state index is 5.94. The molecule has 0 saturated heterocycles. The highest BCUT2D eigenvalue weighted by atomic mass is 16.5. The number of methoxy groups -OCH3 is 2.